The van der Waals surface area contributed by atoms with Gasteiger partial charge in [-0.05, 0) is 38.5 Å². The average Bonchev–Trinajstić information content (AvgIpc) is 2.46. The second kappa shape index (κ2) is 5.75. The van der Waals surface area contributed by atoms with Crippen molar-refractivity contribution in [3.63, 3.8) is 0 Å². The lowest BCUT2D eigenvalue weighted by Gasteiger charge is -2.48. The van der Waals surface area contributed by atoms with E-state index in [2.05, 4.69) is 37.0 Å². The van der Waals surface area contributed by atoms with E-state index in [9.17, 15) is 4.79 Å². The third-order valence-corrected chi connectivity index (χ3v) is 5.49. The number of rotatable bonds is 3. The van der Waals surface area contributed by atoms with Crippen LogP contribution in [0, 0.1) is 17.8 Å². The zero-order valence-corrected chi connectivity index (χ0v) is 12.8. The number of hydrogen-bond acceptors (Lipinski definition) is 2. The molecule has 1 aliphatic heterocycles. The molecule has 0 bridgehead atoms. The molecule has 0 saturated carbocycles. The lowest BCUT2D eigenvalue weighted by atomic mass is 9.66. The van der Waals surface area contributed by atoms with Crippen molar-refractivity contribution in [1.82, 2.24) is 4.90 Å². The normalized spacial score (nSPS) is 36.4. The van der Waals surface area contributed by atoms with Gasteiger partial charge in [0.2, 0.25) is 0 Å². The Bertz CT molecular complexity index is 437. The highest BCUT2D eigenvalue weighted by Gasteiger charge is 2.42. The molecule has 110 valence electrons. The highest BCUT2D eigenvalue weighted by Crippen LogP contribution is 2.46. The van der Waals surface area contributed by atoms with Gasteiger partial charge in [-0.15, -0.1) is 0 Å². The molecule has 0 amide bonds. The Labute approximate surface area is 122 Å². The number of carbonyl (C=O) groups is 1. The standard InChI is InChI=1S/C18H27NO/c1-3-4-12-19-13(2)8-9-15-14-6-5-7-18(20)16(14)10-11-17(15)19/h5-6,11,13-16H,3-4,7-10,12H2,1-2H3/t13?,14?,15-,16?/m0/s1. The molecular weight excluding hydrogens is 246 g/mol. The molecule has 0 aromatic heterocycles. The van der Waals surface area contributed by atoms with Gasteiger partial charge in [-0.25, -0.2) is 0 Å². The molecule has 1 heterocycles. The smallest absolute Gasteiger partial charge is 0.140 e. The lowest BCUT2D eigenvalue weighted by molar-refractivity contribution is -0.124. The molecule has 0 aromatic rings. The van der Waals surface area contributed by atoms with E-state index in [1.807, 2.05) is 0 Å². The summed E-state index contributed by atoms with van der Waals surface area (Å²) in [4.78, 5) is 14.8. The zero-order chi connectivity index (χ0) is 14.1. The van der Waals surface area contributed by atoms with Gasteiger partial charge in [0.25, 0.3) is 0 Å². The van der Waals surface area contributed by atoms with Crippen LogP contribution in [-0.4, -0.2) is 23.3 Å². The van der Waals surface area contributed by atoms with Crippen molar-refractivity contribution in [3.05, 3.63) is 23.9 Å². The fourth-order valence-corrected chi connectivity index (χ4v) is 4.32. The highest BCUT2D eigenvalue weighted by atomic mass is 16.1. The second-order valence-corrected chi connectivity index (χ2v) is 6.73. The molecule has 0 spiro atoms. The van der Waals surface area contributed by atoms with Crippen LogP contribution >= 0.6 is 0 Å². The van der Waals surface area contributed by atoms with Crippen molar-refractivity contribution in [2.24, 2.45) is 17.8 Å². The Morgan fingerprint density at radius 2 is 2.15 bits per heavy atom. The fraction of sp³-hybridized carbons (Fsp3) is 0.722. The summed E-state index contributed by atoms with van der Waals surface area (Å²) in [5.74, 6) is 1.82. The monoisotopic (exact) mass is 273 g/mol. The summed E-state index contributed by atoms with van der Waals surface area (Å²) in [5.41, 5.74) is 1.55. The first kappa shape index (κ1) is 13.9. The molecule has 4 atom stereocenters. The Morgan fingerprint density at radius 3 is 2.95 bits per heavy atom. The van der Waals surface area contributed by atoms with E-state index in [0.717, 1.165) is 6.42 Å². The van der Waals surface area contributed by atoms with E-state index >= 15 is 0 Å². The molecule has 2 aliphatic carbocycles. The van der Waals surface area contributed by atoms with Crippen LogP contribution in [0.3, 0.4) is 0 Å². The molecule has 3 unspecified atom stereocenters. The molecule has 3 aliphatic rings. The number of Topliss-reactive ketones (excluding diaryl/α,β-unsaturated/α-hetero) is 1. The molecule has 1 fully saturated rings. The van der Waals surface area contributed by atoms with Gasteiger partial charge in [0.05, 0.1) is 0 Å². The molecular formula is C18H27NO. The first-order chi connectivity index (χ1) is 9.72. The van der Waals surface area contributed by atoms with Gasteiger partial charge >= 0.3 is 0 Å². The number of likely N-dealkylation sites (tertiary alicyclic amines) is 1. The van der Waals surface area contributed by atoms with Crippen molar-refractivity contribution in [2.75, 3.05) is 6.54 Å². The maximum atomic E-state index is 12.1. The minimum atomic E-state index is 0.273. The van der Waals surface area contributed by atoms with Crippen molar-refractivity contribution in [2.45, 2.75) is 58.4 Å². The number of unbranched alkanes of at least 4 members (excludes halogenated alkanes) is 1. The van der Waals surface area contributed by atoms with Crippen LogP contribution in [0.1, 0.15) is 52.4 Å². The van der Waals surface area contributed by atoms with Crippen LogP contribution in [0.2, 0.25) is 0 Å². The summed E-state index contributed by atoms with van der Waals surface area (Å²) in [7, 11) is 0. The maximum Gasteiger partial charge on any atom is 0.140 e. The molecule has 1 saturated heterocycles. The quantitative estimate of drug-likeness (QED) is 0.726. The van der Waals surface area contributed by atoms with Crippen LogP contribution in [0.5, 0.6) is 0 Å². The predicted octanol–water partition coefficient (Wildman–Crippen LogP) is 3.94. The van der Waals surface area contributed by atoms with Gasteiger partial charge < -0.3 is 4.90 Å². The highest BCUT2D eigenvalue weighted by molar-refractivity contribution is 5.84. The Balaban J connectivity index is 1.84. The number of hydrogen-bond donors (Lipinski definition) is 0. The van der Waals surface area contributed by atoms with Crippen LogP contribution in [-0.2, 0) is 4.79 Å². The second-order valence-electron chi connectivity index (χ2n) is 6.73. The first-order valence-corrected chi connectivity index (χ1v) is 8.38. The molecule has 2 nitrogen and oxygen atoms in total. The van der Waals surface area contributed by atoms with Crippen molar-refractivity contribution >= 4 is 5.78 Å². The number of piperidine rings is 1. The van der Waals surface area contributed by atoms with E-state index in [0.29, 0.717) is 30.1 Å². The zero-order valence-electron chi connectivity index (χ0n) is 12.8. The van der Waals surface area contributed by atoms with E-state index in [1.165, 1.54) is 32.2 Å². The van der Waals surface area contributed by atoms with Gasteiger partial charge in [0, 0.05) is 36.5 Å². The molecule has 20 heavy (non-hydrogen) atoms. The van der Waals surface area contributed by atoms with E-state index in [1.54, 1.807) is 5.70 Å². The minimum Gasteiger partial charge on any atom is -0.372 e. The third-order valence-electron chi connectivity index (χ3n) is 5.49. The minimum absolute atomic E-state index is 0.273. The van der Waals surface area contributed by atoms with Crippen LogP contribution < -0.4 is 0 Å². The summed E-state index contributed by atoms with van der Waals surface area (Å²) in [6.45, 7) is 5.82. The average molecular weight is 273 g/mol. The SMILES string of the molecule is CCCCN1C2=CCC3C(=O)CC=CC3[C@@H]2CCC1C. The van der Waals surface area contributed by atoms with Gasteiger partial charge in [-0.1, -0.05) is 31.6 Å². The van der Waals surface area contributed by atoms with Gasteiger partial charge in [-0.2, -0.15) is 0 Å². The molecule has 0 aromatic carbocycles. The van der Waals surface area contributed by atoms with Crippen LogP contribution in [0.15, 0.2) is 23.9 Å². The summed E-state index contributed by atoms with van der Waals surface area (Å²) in [5, 5.41) is 0. The van der Waals surface area contributed by atoms with E-state index in [4.69, 9.17) is 0 Å². The first-order valence-electron chi connectivity index (χ1n) is 8.38. The Hall–Kier alpha value is -1.05. The number of fused-ring (bicyclic) bond motifs is 3. The van der Waals surface area contributed by atoms with Gasteiger partial charge in [0.1, 0.15) is 5.78 Å². The van der Waals surface area contributed by atoms with Crippen molar-refractivity contribution in [3.8, 4) is 0 Å². The number of carbonyl (C=O) groups excluding carboxylic acids is 1. The third kappa shape index (κ3) is 2.34. The largest absolute Gasteiger partial charge is 0.372 e. The topological polar surface area (TPSA) is 20.3 Å². The summed E-state index contributed by atoms with van der Waals surface area (Å²) < 4.78 is 0. The number of allylic oxidation sites excluding steroid dienone is 4. The van der Waals surface area contributed by atoms with Gasteiger partial charge in [-0.3, -0.25) is 4.79 Å². The summed E-state index contributed by atoms with van der Waals surface area (Å²) >= 11 is 0. The number of nitrogens with zero attached hydrogens (tertiary/aromatic N) is 1. The summed E-state index contributed by atoms with van der Waals surface area (Å²) in [6.07, 6.45) is 13.5. The molecule has 0 radical (unpaired) electrons. The Morgan fingerprint density at radius 1 is 1.30 bits per heavy atom. The van der Waals surface area contributed by atoms with E-state index in [-0.39, 0.29) is 5.92 Å². The Kier molecular flexibility index (Phi) is 4.00. The van der Waals surface area contributed by atoms with Crippen LogP contribution in [0.4, 0.5) is 0 Å². The molecule has 2 heteroatoms. The fourth-order valence-electron chi connectivity index (χ4n) is 4.32. The van der Waals surface area contributed by atoms with Gasteiger partial charge in [0.15, 0.2) is 0 Å². The van der Waals surface area contributed by atoms with Crippen molar-refractivity contribution < 1.29 is 4.79 Å². The lowest BCUT2D eigenvalue weighted by Crippen LogP contribution is -2.46. The molecule has 3 rings (SSSR count). The van der Waals surface area contributed by atoms with Crippen molar-refractivity contribution in [1.29, 1.82) is 0 Å². The summed E-state index contributed by atoms with van der Waals surface area (Å²) in [6, 6.07) is 0.670. The van der Waals surface area contributed by atoms with Crippen LogP contribution in [0.25, 0.3) is 0 Å². The maximum absolute atomic E-state index is 12.1. The predicted molar refractivity (Wildman–Crippen MR) is 82.2 cm³/mol. The van der Waals surface area contributed by atoms with E-state index < -0.39 is 0 Å². The molecule has 0 N–H and O–H groups in total. The number of ketones is 1.